The standard InChI is InChI=1S/C8H8N4O2/c9-4-1-5-10-8(14)6-2-3-7(13)12-11-6/h2-3H,1,5H2,(H,10,14)(H,12,13). The number of hydrogen-bond donors (Lipinski definition) is 2. The average molecular weight is 192 g/mol. The molecule has 0 aliphatic carbocycles. The van der Waals surface area contributed by atoms with E-state index in [1.54, 1.807) is 0 Å². The summed E-state index contributed by atoms with van der Waals surface area (Å²) < 4.78 is 0. The topological polar surface area (TPSA) is 98.6 Å². The molecule has 1 rings (SSSR count). The molecular formula is C8H8N4O2. The summed E-state index contributed by atoms with van der Waals surface area (Å²) >= 11 is 0. The first-order chi connectivity index (χ1) is 6.74. The average Bonchev–Trinajstić information content (AvgIpc) is 2.19. The third-order valence-electron chi connectivity index (χ3n) is 1.43. The lowest BCUT2D eigenvalue weighted by atomic mass is 10.3. The van der Waals surface area contributed by atoms with E-state index < -0.39 is 5.91 Å². The maximum absolute atomic E-state index is 11.2. The van der Waals surface area contributed by atoms with Crippen LogP contribution in [0.25, 0.3) is 0 Å². The summed E-state index contributed by atoms with van der Waals surface area (Å²) in [6, 6.07) is 4.43. The van der Waals surface area contributed by atoms with Crippen molar-refractivity contribution in [1.29, 1.82) is 5.26 Å². The minimum Gasteiger partial charge on any atom is -0.350 e. The highest BCUT2D eigenvalue weighted by atomic mass is 16.2. The summed E-state index contributed by atoms with van der Waals surface area (Å²) in [4.78, 5) is 21.8. The number of amides is 1. The molecule has 0 fully saturated rings. The van der Waals surface area contributed by atoms with Crippen LogP contribution in [0.2, 0.25) is 0 Å². The van der Waals surface area contributed by atoms with E-state index in [1.165, 1.54) is 12.1 Å². The molecule has 0 saturated carbocycles. The highest BCUT2D eigenvalue weighted by Gasteiger charge is 2.05. The smallest absolute Gasteiger partial charge is 0.271 e. The predicted octanol–water partition coefficient (Wildman–Crippen LogP) is -0.587. The Bertz CT molecular complexity index is 398. The van der Waals surface area contributed by atoms with Gasteiger partial charge in [-0.05, 0) is 6.07 Å². The third kappa shape index (κ3) is 2.71. The first-order valence-corrected chi connectivity index (χ1v) is 3.95. The molecule has 14 heavy (non-hydrogen) atoms. The Morgan fingerprint density at radius 1 is 1.64 bits per heavy atom. The lowest BCUT2D eigenvalue weighted by Crippen LogP contribution is -2.26. The van der Waals surface area contributed by atoms with Crippen LogP contribution in [-0.4, -0.2) is 22.6 Å². The van der Waals surface area contributed by atoms with E-state index in [-0.39, 0.29) is 24.2 Å². The minimum absolute atomic E-state index is 0.127. The molecule has 1 aromatic rings. The zero-order chi connectivity index (χ0) is 10.4. The van der Waals surface area contributed by atoms with Crippen LogP contribution < -0.4 is 10.9 Å². The van der Waals surface area contributed by atoms with Gasteiger partial charge in [0.05, 0.1) is 12.5 Å². The van der Waals surface area contributed by atoms with Gasteiger partial charge < -0.3 is 5.32 Å². The van der Waals surface area contributed by atoms with Gasteiger partial charge in [0, 0.05) is 12.6 Å². The van der Waals surface area contributed by atoms with Crippen molar-refractivity contribution < 1.29 is 4.79 Å². The maximum Gasteiger partial charge on any atom is 0.271 e. The van der Waals surface area contributed by atoms with E-state index in [0.29, 0.717) is 0 Å². The van der Waals surface area contributed by atoms with E-state index in [0.717, 1.165) is 0 Å². The number of nitriles is 1. The maximum atomic E-state index is 11.2. The van der Waals surface area contributed by atoms with Gasteiger partial charge in [0.1, 0.15) is 5.69 Å². The summed E-state index contributed by atoms with van der Waals surface area (Å²) in [5, 5.41) is 16.4. The van der Waals surface area contributed by atoms with Gasteiger partial charge in [-0.1, -0.05) is 0 Å². The van der Waals surface area contributed by atoms with E-state index in [9.17, 15) is 9.59 Å². The number of carbonyl (C=O) groups is 1. The van der Waals surface area contributed by atoms with E-state index in [4.69, 9.17) is 5.26 Å². The van der Waals surface area contributed by atoms with Crippen LogP contribution in [-0.2, 0) is 0 Å². The van der Waals surface area contributed by atoms with Gasteiger partial charge in [0.2, 0.25) is 0 Å². The number of aromatic nitrogens is 2. The second kappa shape index (κ2) is 4.77. The molecule has 0 aromatic carbocycles. The normalized spacial score (nSPS) is 9.07. The Hall–Kier alpha value is -2.16. The monoisotopic (exact) mass is 192 g/mol. The van der Waals surface area contributed by atoms with Gasteiger partial charge in [-0.25, -0.2) is 5.10 Å². The van der Waals surface area contributed by atoms with Gasteiger partial charge in [0.25, 0.3) is 11.5 Å². The third-order valence-corrected chi connectivity index (χ3v) is 1.43. The molecule has 0 aliphatic rings. The molecule has 1 heterocycles. The van der Waals surface area contributed by atoms with Gasteiger partial charge in [0.15, 0.2) is 0 Å². The highest BCUT2D eigenvalue weighted by Crippen LogP contribution is 1.87. The van der Waals surface area contributed by atoms with E-state index >= 15 is 0 Å². The number of H-pyrrole nitrogens is 1. The zero-order valence-corrected chi connectivity index (χ0v) is 7.28. The SMILES string of the molecule is N#CCCNC(=O)c1ccc(=O)[nH]n1. The molecule has 0 aliphatic heterocycles. The molecule has 0 saturated heterocycles. The number of carbonyl (C=O) groups excluding carboxylic acids is 1. The first-order valence-electron chi connectivity index (χ1n) is 3.95. The number of aromatic amines is 1. The second-order valence-electron chi connectivity index (χ2n) is 2.47. The quantitative estimate of drug-likeness (QED) is 0.625. The Kier molecular flexibility index (Phi) is 3.38. The summed E-state index contributed by atoms with van der Waals surface area (Å²) in [5.41, 5.74) is -0.235. The van der Waals surface area contributed by atoms with Crippen molar-refractivity contribution in [2.75, 3.05) is 6.54 Å². The zero-order valence-electron chi connectivity index (χ0n) is 7.28. The summed E-state index contributed by atoms with van der Waals surface area (Å²) in [5.74, 6) is -0.406. The molecule has 72 valence electrons. The van der Waals surface area contributed by atoms with Crippen LogP contribution in [0.3, 0.4) is 0 Å². The van der Waals surface area contributed by atoms with Crippen molar-refractivity contribution in [1.82, 2.24) is 15.5 Å². The fourth-order valence-corrected chi connectivity index (χ4v) is 0.793. The van der Waals surface area contributed by atoms with Crippen LogP contribution in [0.15, 0.2) is 16.9 Å². The number of nitrogens with zero attached hydrogens (tertiary/aromatic N) is 2. The van der Waals surface area contributed by atoms with Crippen LogP contribution in [0.1, 0.15) is 16.9 Å². The van der Waals surface area contributed by atoms with Gasteiger partial charge in [-0.3, -0.25) is 9.59 Å². The van der Waals surface area contributed by atoms with Crippen molar-refractivity contribution in [2.45, 2.75) is 6.42 Å². The second-order valence-corrected chi connectivity index (χ2v) is 2.47. The first kappa shape index (κ1) is 9.92. The molecule has 6 heteroatoms. The fraction of sp³-hybridized carbons (Fsp3) is 0.250. The van der Waals surface area contributed by atoms with Crippen molar-refractivity contribution in [2.24, 2.45) is 0 Å². The van der Waals surface area contributed by atoms with Crippen molar-refractivity contribution >= 4 is 5.91 Å². The van der Waals surface area contributed by atoms with Crippen molar-refractivity contribution in [3.05, 3.63) is 28.2 Å². The largest absolute Gasteiger partial charge is 0.350 e. The molecule has 1 amide bonds. The number of nitrogens with one attached hydrogen (secondary N) is 2. The lowest BCUT2D eigenvalue weighted by molar-refractivity contribution is 0.0948. The molecule has 2 N–H and O–H groups in total. The van der Waals surface area contributed by atoms with Crippen LogP contribution in [0.4, 0.5) is 0 Å². The highest BCUT2D eigenvalue weighted by molar-refractivity contribution is 5.91. The van der Waals surface area contributed by atoms with Crippen LogP contribution in [0, 0.1) is 11.3 Å². The van der Waals surface area contributed by atoms with E-state index in [2.05, 4.69) is 15.5 Å². The van der Waals surface area contributed by atoms with Gasteiger partial charge in [-0.15, -0.1) is 0 Å². The van der Waals surface area contributed by atoms with Gasteiger partial charge in [-0.2, -0.15) is 10.4 Å². The molecule has 0 atom stereocenters. The predicted molar refractivity (Wildman–Crippen MR) is 47.4 cm³/mol. The van der Waals surface area contributed by atoms with Crippen molar-refractivity contribution in [3.8, 4) is 6.07 Å². The Labute approximate surface area is 79.6 Å². The number of hydrogen-bond acceptors (Lipinski definition) is 4. The molecule has 0 bridgehead atoms. The Balaban J connectivity index is 2.58. The molecule has 6 nitrogen and oxygen atoms in total. The van der Waals surface area contributed by atoms with Crippen molar-refractivity contribution in [3.63, 3.8) is 0 Å². The molecule has 1 aromatic heterocycles. The molecule has 0 unspecified atom stereocenters. The van der Waals surface area contributed by atoms with Gasteiger partial charge >= 0.3 is 0 Å². The van der Waals surface area contributed by atoms with Crippen LogP contribution in [0.5, 0.6) is 0 Å². The minimum atomic E-state index is -0.406. The fourth-order valence-electron chi connectivity index (χ4n) is 0.793. The molecular weight excluding hydrogens is 184 g/mol. The summed E-state index contributed by atoms with van der Waals surface area (Å²) in [6.45, 7) is 0.274. The Morgan fingerprint density at radius 3 is 3.00 bits per heavy atom. The number of rotatable bonds is 3. The Morgan fingerprint density at radius 2 is 2.43 bits per heavy atom. The summed E-state index contributed by atoms with van der Waals surface area (Å²) in [6.07, 6.45) is 0.245. The molecule has 0 spiro atoms. The molecule has 0 radical (unpaired) electrons. The summed E-state index contributed by atoms with van der Waals surface area (Å²) in [7, 11) is 0. The van der Waals surface area contributed by atoms with E-state index in [1.807, 2.05) is 6.07 Å². The lowest BCUT2D eigenvalue weighted by Gasteiger charge is -1.99. The van der Waals surface area contributed by atoms with Crippen LogP contribution >= 0.6 is 0 Å².